The van der Waals surface area contributed by atoms with Gasteiger partial charge in [-0.05, 0) is 18.2 Å². The van der Waals surface area contributed by atoms with Crippen molar-refractivity contribution in [2.75, 3.05) is 19.4 Å². The number of nitrogens with zero attached hydrogens (tertiary/aromatic N) is 1. The van der Waals surface area contributed by atoms with Crippen molar-refractivity contribution < 1.29 is 19.1 Å². The molecule has 0 aromatic heterocycles. The number of halogens is 1. The molecule has 0 unspecified atom stereocenters. The molecule has 106 valence electrons. The van der Waals surface area contributed by atoms with E-state index in [2.05, 4.69) is 0 Å². The maximum absolute atomic E-state index is 12.1. The number of carbonyl (C=O) groups excluding carboxylic acids is 3. The van der Waals surface area contributed by atoms with Crippen LogP contribution in [0.4, 0.5) is 4.79 Å². The average molecular weight is 314 g/mol. The second-order valence-electron chi connectivity index (χ2n) is 4.12. The van der Waals surface area contributed by atoms with Crippen molar-refractivity contribution in [3.8, 4) is 5.75 Å². The molecule has 5 nitrogen and oxygen atoms in total. The first-order valence-corrected chi connectivity index (χ1v) is 7.23. The number of ketones is 1. The van der Waals surface area contributed by atoms with Gasteiger partial charge in [-0.3, -0.25) is 19.3 Å². The third kappa shape index (κ3) is 3.13. The zero-order chi connectivity index (χ0) is 14.7. The maximum Gasteiger partial charge on any atom is 0.288 e. The van der Waals surface area contributed by atoms with Crippen LogP contribution in [-0.2, 0) is 4.79 Å². The SMILES string of the molecule is COc1ccc(C(=O)CN2C(=O)CCSC2=O)cc1Cl. The molecule has 1 aliphatic rings. The number of hydrogen-bond donors (Lipinski definition) is 0. The van der Waals surface area contributed by atoms with Crippen LogP contribution in [0.15, 0.2) is 18.2 Å². The van der Waals surface area contributed by atoms with Crippen LogP contribution in [0.5, 0.6) is 5.75 Å². The fraction of sp³-hybridized carbons (Fsp3) is 0.308. The highest BCUT2D eigenvalue weighted by Crippen LogP contribution is 2.25. The molecule has 0 bridgehead atoms. The molecule has 1 aromatic carbocycles. The average Bonchev–Trinajstić information content (AvgIpc) is 2.42. The fourth-order valence-corrected chi connectivity index (χ4v) is 2.80. The fourth-order valence-electron chi connectivity index (χ4n) is 1.77. The van der Waals surface area contributed by atoms with Crippen LogP contribution >= 0.6 is 23.4 Å². The van der Waals surface area contributed by atoms with E-state index < -0.39 is 0 Å². The van der Waals surface area contributed by atoms with Crippen molar-refractivity contribution in [1.29, 1.82) is 0 Å². The summed E-state index contributed by atoms with van der Waals surface area (Å²) in [6.45, 7) is -0.257. The third-order valence-corrected chi connectivity index (χ3v) is 4.01. The number of Topliss-reactive ketones (excluding diaryl/α,β-unsaturated/α-hetero) is 1. The van der Waals surface area contributed by atoms with Crippen molar-refractivity contribution >= 4 is 40.3 Å². The van der Waals surface area contributed by atoms with Crippen LogP contribution < -0.4 is 4.74 Å². The molecule has 1 aliphatic heterocycles. The lowest BCUT2D eigenvalue weighted by Gasteiger charge is -2.23. The van der Waals surface area contributed by atoms with Gasteiger partial charge >= 0.3 is 0 Å². The smallest absolute Gasteiger partial charge is 0.288 e. The van der Waals surface area contributed by atoms with Gasteiger partial charge in [0, 0.05) is 17.7 Å². The molecule has 2 amide bonds. The van der Waals surface area contributed by atoms with Crippen LogP contribution in [0.25, 0.3) is 0 Å². The van der Waals surface area contributed by atoms with E-state index in [0.717, 1.165) is 16.7 Å². The molecule has 0 saturated carbocycles. The first-order valence-electron chi connectivity index (χ1n) is 5.87. The largest absolute Gasteiger partial charge is 0.495 e. The number of ether oxygens (including phenoxy) is 1. The number of methoxy groups -OCH3 is 1. The zero-order valence-electron chi connectivity index (χ0n) is 10.7. The van der Waals surface area contributed by atoms with Gasteiger partial charge in [0.15, 0.2) is 5.78 Å². The number of amides is 2. The minimum absolute atomic E-state index is 0.257. The predicted molar refractivity (Wildman–Crippen MR) is 76.5 cm³/mol. The molecule has 7 heteroatoms. The highest BCUT2D eigenvalue weighted by Gasteiger charge is 2.28. The molecule has 0 radical (unpaired) electrons. The summed E-state index contributed by atoms with van der Waals surface area (Å²) in [5.74, 6) is 0.279. The van der Waals surface area contributed by atoms with Crippen molar-refractivity contribution in [2.24, 2.45) is 0 Å². The Morgan fingerprint density at radius 2 is 2.20 bits per heavy atom. The number of imide groups is 1. The standard InChI is InChI=1S/C13H12ClNO4S/c1-19-11-3-2-8(6-9(11)14)10(16)7-15-12(17)4-5-20-13(15)18/h2-3,6H,4-5,7H2,1H3. The van der Waals surface area contributed by atoms with Gasteiger partial charge in [-0.1, -0.05) is 23.4 Å². The zero-order valence-corrected chi connectivity index (χ0v) is 12.3. The Kier molecular flexibility index (Phi) is 4.67. The Balaban J connectivity index is 2.13. The number of rotatable bonds is 4. The number of thioether (sulfide) groups is 1. The van der Waals surface area contributed by atoms with E-state index in [1.54, 1.807) is 12.1 Å². The summed E-state index contributed by atoms with van der Waals surface area (Å²) in [5.41, 5.74) is 0.340. The highest BCUT2D eigenvalue weighted by molar-refractivity contribution is 8.13. The molecule has 0 spiro atoms. The number of benzene rings is 1. The van der Waals surface area contributed by atoms with Gasteiger partial charge in [0.2, 0.25) is 5.91 Å². The Morgan fingerprint density at radius 3 is 2.80 bits per heavy atom. The second kappa shape index (κ2) is 6.28. The Labute approximate surface area is 125 Å². The highest BCUT2D eigenvalue weighted by atomic mass is 35.5. The van der Waals surface area contributed by atoms with Crippen LogP contribution in [0.3, 0.4) is 0 Å². The van der Waals surface area contributed by atoms with Gasteiger partial charge < -0.3 is 4.74 Å². The summed E-state index contributed by atoms with van der Waals surface area (Å²) in [6.07, 6.45) is 0.271. The molecule has 0 N–H and O–H groups in total. The molecule has 0 aliphatic carbocycles. The molecule has 1 fully saturated rings. The first kappa shape index (κ1) is 14.9. The molecule has 1 aromatic rings. The van der Waals surface area contributed by atoms with Crippen molar-refractivity contribution in [3.05, 3.63) is 28.8 Å². The first-order chi connectivity index (χ1) is 9.52. The minimum Gasteiger partial charge on any atom is -0.495 e. The molecule has 20 heavy (non-hydrogen) atoms. The van der Waals surface area contributed by atoms with Gasteiger partial charge in [0.25, 0.3) is 5.24 Å². The normalized spacial score (nSPS) is 15.4. The summed E-state index contributed by atoms with van der Waals surface area (Å²) < 4.78 is 5.00. The van der Waals surface area contributed by atoms with Gasteiger partial charge in [-0.15, -0.1) is 0 Å². The minimum atomic E-state index is -0.380. The maximum atomic E-state index is 12.1. The van der Waals surface area contributed by atoms with Crippen LogP contribution in [0.1, 0.15) is 16.8 Å². The van der Waals surface area contributed by atoms with E-state index in [1.165, 1.54) is 13.2 Å². The lowest BCUT2D eigenvalue weighted by atomic mass is 10.1. The topological polar surface area (TPSA) is 63.7 Å². The van der Waals surface area contributed by atoms with E-state index in [4.69, 9.17) is 16.3 Å². The van der Waals surface area contributed by atoms with Gasteiger partial charge in [-0.2, -0.15) is 0 Å². The van der Waals surface area contributed by atoms with E-state index in [1.807, 2.05) is 0 Å². The summed E-state index contributed by atoms with van der Waals surface area (Å²) >= 11 is 6.99. The summed E-state index contributed by atoms with van der Waals surface area (Å²) in [6, 6.07) is 4.60. The monoisotopic (exact) mass is 313 g/mol. The summed E-state index contributed by atoms with van der Waals surface area (Å²) in [5, 5.41) is -0.0711. The second-order valence-corrected chi connectivity index (χ2v) is 5.57. The summed E-state index contributed by atoms with van der Waals surface area (Å²) in [7, 11) is 1.48. The van der Waals surface area contributed by atoms with Gasteiger partial charge in [0.05, 0.1) is 18.7 Å². The Morgan fingerprint density at radius 1 is 1.45 bits per heavy atom. The predicted octanol–water partition coefficient (Wildman–Crippen LogP) is 2.62. The molecular weight excluding hydrogens is 302 g/mol. The van der Waals surface area contributed by atoms with E-state index in [-0.39, 0.29) is 29.9 Å². The van der Waals surface area contributed by atoms with Crippen LogP contribution in [-0.4, -0.2) is 41.2 Å². The molecule has 2 rings (SSSR count). The molecule has 1 heterocycles. The van der Waals surface area contributed by atoms with E-state index in [0.29, 0.717) is 22.1 Å². The summed E-state index contributed by atoms with van der Waals surface area (Å²) in [4.78, 5) is 36.3. The van der Waals surface area contributed by atoms with Crippen molar-refractivity contribution in [1.82, 2.24) is 4.90 Å². The molecule has 0 atom stereocenters. The number of hydrogen-bond acceptors (Lipinski definition) is 5. The molecular formula is C13H12ClNO4S. The number of carbonyl (C=O) groups is 3. The van der Waals surface area contributed by atoms with Gasteiger partial charge in [0.1, 0.15) is 5.75 Å². The van der Waals surface area contributed by atoms with Crippen molar-refractivity contribution in [2.45, 2.75) is 6.42 Å². The van der Waals surface area contributed by atoms with Gasteiger partial charge in [-0.25, -0.2) is 0 Å². The Bertz CT molecular complexity index is 559. The van der Waals surface area contributed by atoms with Crippen molar-refractivity contribution in [3.63, 3.8) is 0 Å². The quantitative estimate of drug-likeness (QED) is 0.800. The van der Waals surface area contributed by atoms with Crippen LogP contribution in [0, 0.1) is 0 Å². The Hall–Kier alpha value is -1.53. The lowest BCUT2D eigenvalue weighted by molar-refractivity contribution is -0.127. The molecule has 1 saturated heterocycles. The lowest BCUT2D eigenvalue weighted by Crippen LogP contribution is -2.41. The third-order valence-electron chi connectivity index (χ3n) is 2.84. The van der Waals surface area contributed by atoms with E-state index >= 15 is 0 Å². The van der Waals surface area contributed by atoms with E-state index in [9.17, 15) is 14.4 Å². The van der Waals surface area contributed by atoms with Crippen LogP contribution in [0.2, 0.25) is 5.02 Å².